The highest BCUT2D eigenvalue weighted by Crippen LogP contribution is 2.09. The molecule has 0 saturated heterocycles. The Morgan fingerprint density at radius 2 is 2.47 bits per heavy atom. The molecule has 0 unspecified atom stereocenters. The quantitative estimate of drug-likeness (QED) is 0.479. The van der Waals surface area contributed by atoms with Gasteiger partial charge in [0, 0.05) is 31.5 Å². The molecule has 1 aromatic heterocycles. The van der Waals surface area contributed by atoms with Crippen LogP contribution in [0.15, 0.2) is 28.3 Å². The van der Waals surface area contributed by atoms with E-state index < -0.39 is 0 Å². The van der Waals surface area contributed by atoms with Gasteiger partial charge in [0.2, 0.25) is 0 Å². The van der Waals surface area contributed by atoms with Crippen molar-refractivity contribution in [3.8, 4) is 0 Å². The van der Waals surface area contributed by atoms with Crippen molar-refractivity contribution in [2.75, 3.05) is 13.7 Å². The van der Waals surface area contributed by atoms with Gasteiger partial charge in [-0.2, -0.15) is 5.10 Å². The molecule has 1 rings (SSSR count). The number of aliphatic imine (C=N–C) groups is 2. The fraction of sp³-hybridized carbons (Fsp3) is 0.300. The molecule has 7 nitrogen and oxygen atoms in total. The highest BCUT2D eigenvalue weighted by molar-refractivity contribution is 5.93. The first kappa shape index (κ1) is 12.9. The van der Waals surface area contributed by atoms with Gasteiger partial charge in [0.05, 0.1) is 12.9 Å². The number of hydrogen-bond acceptors (Lipinski definition) is 4. The van der Waals surface area contributed by atoms with Crippen LogP contribution < -0.4 is 11.5 Å². The number of rotatable bonds is 6. The molecule has 92 valence electrons. The maximum atomic E-state index is 5.63. The number of amidine groups is 1. The van der Waals surface area contributed by atoms with E-state index in [1.165, 1.54) is 18.6 Å². The SMILES string of the molecule is COCCc1cc(N=C(N)/C=C\N=CN)n[nH]1. The summed E-state index contributed by atoms with van der Waals surface area (Å²) < 4.78 is 4.95. The summed E-state index contributed by atoms with van der Waals surface area (Å²) in [7, 11) is 1.65. The zero-order valence-electron chi connectivity index (χ0n) is 9.63. The molecule has 0 radical (unpaired) electrons. The molecule has 0 aliphatic rings. The summed E-state index contributed by atoms with van der Waals surface area (Å²) in [4.78, 5) is 7.74. The van der Waals surface area contributed by atoms with Crippen LogP contribution in [0.5, 0.6) is 0 Å². The summed E-state index contributed by atoms with van der Waals surface area (Å²) in [5.41, 5.74) is 11.6. The van der Waals surface area contributed by atoms with Gasteiger partial charge in [0.1, 0.15) is 5.84 Å². The average Bonchev–Trinajstić information content (AvgIpc) is 2.74. The number of nitrogens with zero attached hydrogens (tertiary/aromatic N) is 3. The predicted molar refractivity (Wildman–Crippen MR) is 67.3 cm³/mol. The van der Waals surface area contributed by atoms with Crippen LogP contribution in [0.3, 0.4) is 0 Å². The van der Waals surface area contributed by atoms with Crippen LogP contribution in [0.25, 0.3) is 0 Å². The van der Waals surface area contributed by atoms with Gasteiger partial charge in [-0.1, -0.05) is 0 Å². The first-order chi connectivity index (χ1) is 8.26. The maximum Gasteiger partial charge on any atom is 0.175 e. The lowest BCUT2D eigenvalue weighted by molar-refractivity contribution is 0.201. The van der Waals surface area contributed by atoms with Gasteiger partial charge in [-0.15, -0.1) is 0 Å². The molecule has 0 aliphatic carbocycles. The van der Waals surface area contributed by atoms with E-state index in [1.807, 2.05) is 6.07 Å². The minimum atomic E-state index is 0.306. The summed E-state index contributed by atoms with van der Waals surface area (Å²) in [6, 6.07) is 1.81. The molecule has 1 aromatic rings. The summed E-state index contributed by atoms with van der Waals surface area (Å²) in [6.07, 6.45) is 4.91. The minimum Gasteiger partial charge on any atom is -0.390 e. The highest BCUT2D eigenvalue weighted by Gasteiger charge is 1.99. The smallest absolute Gasteiger partial charge is 0.175 e. The van der Waals surface area contributed by atoms with Crippen molar-refractivity contribution >= 4 is 18.0 Å². The van der Waals surface area contributed by atoms with E-state index in [4.69, 9.17) is 16.2 Å². The van der Waals surface area contributed by atoms with E-state index in [0.29, 0.717) is 18.3 Å². The highest BCUT2D eigenvalue weighted by atomic mass is 16.5. The Hall–Kier alpha value is -2.15. The van der Waals surface area contributed by atoms with Crippen molar-refractivity contribution in [3.05, 3.63) is 24.0 Å². The first-order valence-corrected chi connectivity index (χ1v) is 5.03. The number of nitrogens with one attached hydrogen (secondary N) is 1. The van der Waals surface area contributed by atoms with Crippen LogP contribution in [0.2, 0.25) is 0 Å². The first-order valence-electron chi connectivity index (χ1n) is 5.03. The van der Waals surface area contributed by atoms with Crippen molar-refractivity contribution in [3.63, 3.8) is 0 Å². The molecule has 0 fully saturated rings. The molecule has 7 heteroatoms. The van der Waals surface area contributed by atoms with Crippen molar-refractivity contribution in [2.45, 2.75) is 6.42 Å². The third-order valence-electron chi connectivity index (χ3n) is 1.85. The zero-order valence-corrected chi connectivity index (χ0v) is 9.63. The van der Waals surface area contributed by atoms with Crippen LogP contribution in [0.4, 0.5) is 5.82 Å². The summed E-state index contributed by atoms with van der Waals surface area (Å²) >= 11 is 0. The number of nitrogens with two attached hydrogens (primary N) is 2. The largest absolute Gasteiger partial charge is 0.390 e. The molecular weight excluding hydrogens is 220 g/mol. The molecule has 17 heavy (non-hydrogen) atoms. The molecule has 0 aromatic carbocycles. The molecular formula is C10H16N6O. The third-order valence-corrected chi connectivity index (χ3v) is 1.85. The van der Waals surface area contributed by atoms with Crippen LogP contribution in [-0.4, -0.2) is 36.1 Å². The molecule has 0 saturated carbocycles. The van der Waals surface area contributed by atoms with Crippen molar-refractivity contribution < 1.29 is 4.74 Å². The third kappa shape index (κ3) is 4.94. The molecule has 0 bridgehead atoms. The minimum absolute atomic E-state index is 0.306. The molecule has 0 amide bonds. The van der Waals surface area contributed by atoms with Gasteiger partial charge >= 0.3 is 0 Å². The van der Waals surface area contributed by atoms with Crippen LogP contribution in [-0.2, 0) is 11.2 Å². The Bertz CT molecular complexity index is 420. The molecule has 0 aliphatic heterocycles. The summed E-state index contributed by atoms with van der Waals surface area (Å²) in [5, 5.41) is 6.84. The molecule has 0 atom stereocenters. The second kappa shape index (κ2) is 7.18. The molecule has 5 N–H and O–H groups in total. The van der Waals surface area contributed by atoms with E-state index >= 15 is 0 Å². The standard InChI is InChI=1S/C10H16N6O/c1-17-5-3-8-6-10(16-15-8)14-9(12)2-4-13-7-11/h2,4,6-7H,3,5H2,1H3,(H2,11,13)(H3,12,14,15,16)/b4-2-. The molecule has 0 spiro atoms. The lowest BCUT2D eigenvalue weighted by atomic mass is 10.3. The molecule has 1 heterocycles. The van der Waals surface area contributed by atoms with E-state index in [9.17, 15) is 0 Å². The van der Waals surface area contributed by atoms with Gasteiger partial charge in [-0.25, -0.2) is 9.98 Å². The Morgan fingerprint density at radius 1 is 1.65 bits per heavy atom. The summed E-state index contributed by atoms with van der Waals surface area (Å²) in [5.74, 6) is 0.829. The van der Waals surface area contributed by atoms with Gasteiger partial charge in [0.25, 0.3) is 0 Å². The Kier molecular flexibility index (Phi) is 5.45. The Morgan fingerprint density at radius 3 is 3.18 bits per heavy atom. The van der Waals surface area contributed by atoms with E-state index in [2.05, 4.69) is 20.2 Å². The number of methoxy groups -OCH3 is 1. The van der Waals surface area contributed by atoms with Crippen LogP contribution in [0, 0.1) is 0 Å². The van der Waals surface area contributed by atoms with Crippen LogP contribution >= 0.6 is 0 Å². The normalized spacial score (nSPS) is 12.9. The number of H-pyrrole nitrogens is 1. The van der Waals surface area contributed by atoms with Gasteiger partial charge in [0.15, 0.2) is 5.82 Å². The lowest BCUT2D eigenvalue weighted by Gasteiger charge is -1.92. The van der Waals surface area contributed by atoms with Crippen molar-refractivity contribution in [1.29, 1.82) is 0 Å². The van der Waals surface area contributed by atoms with Crippen LogP contribution in [0.1, 0.15) is 5.69 Å². The predicted octanol–water partition coefficient (Wildman–Crippen LogP) is 0.0880. The number of aromatic nitrogens is 2. The second-order valence-corrected chi connectivity index (χ2v) is 3.14. The second-order valence-electron chi connectivity index (χ2n) is 3.14. The van der Waals surface area contributed by atoms with Gasteiger partial charge in [-0.3, -0.25) is 5.10 Å². The van der Waals surface area contributed by atoms with E-state index in [1.54, 1.807) is 7.11 Å². The number of aromatic amines is 1. The van der Waals surface area contributed by atoms with Gasteiger partial charge in [-0.05, 0) is 6.08 Å². The van der Waals surface area contributed by atoms with Crippen molar-refractivity contribution in [1.82, 2.24) is 10.2 Å². The van der Waals surface area contributed by atoms with Crippen molar-refractivity contribution in [2.24, 2.45) is 21.5 Å². The topological polar surface area (TPSA) is 115 Å². The fourth-order valence-corrected chi connectivity index (χ4v) is 1.09. The lowest BCUT2D eigenvalue weighted by Crippen LogP contribution is -2.06. The van der Waals surface area contributed by atoms with Gasteiger partial charge < -0.3 is 16.2 Å². The number of hydrogen-bond donors (Lipinski definition) is 3. The van der Waals surface area contributed by atoms with E-state index in [0.717, 1.165) is 12.1 Å². The fourth-order valence-electron chi connectivity index (χ4n) is 1.09. The zero-order chi connectivity index (χ0) is 12.5. The Balaban J connectivity index is 2.60. The average molecular weight is 236 g/mol. The van der Waals surface area contributed by atoms with E-state index in [-0.39, 0.29) is 0 Å². The maximum absolute atomic E-state index is 5.63. The number of ether oxygens (including phenoxy) is 1. The summed E-state index contributed by atoms with van der Waals surface area (Å²) in [6.45, 7) is 0.631. The monoisotopic (exact) mass is 236 g/mol. The Labute approximate surface area is 99.3 Å².